The van der Waals surface area contributed by atoms with Gasteiger partial charge in [-0.25, -0.2) is 15.0 Å². The molecule has 0 radical (unpaired) electrons. The predicted molar refractivity (Wildman–Crippen MR) is 287 cm³/mol. The Morgan fingerprint density at radius 3 is 1.33 bits per heavy atom. The van der Waals surface area contributed by atoms with Crippen molar-refractivity contribution in [2.24, 2.45) is 0 Å². The summed E-state index contributed by atoms with van der Waals surface area (Å²) in [6, 6.07) is 90.2. The summed E-state index contributed by atoms with van der Waals surface area (Å²) in [6.07, 6.45) is 0. The van der Waals surface area contributed by atoms with Gasteiger partial charge in [-0.3, -0.25) is 0 Å². The van der Waals surface area contributed by atoms with Crippen LogP contribution in [0.2, 0.25) is 0 Å². The first-order valence-electron chi connectivity index (χ1n) is 23.4. The Balaban J connectivity index is 0.925. The van der Waals surface area contributed by atoms with Crippen molar-refractivity contribution in [1.29, 1.82) is 0 Å². The molecule has 0 saturated carbocycles. The molecule has 0 amide bonds. The van der Waals surface area contributed by atoms with Gasteiger partial charge in [-0.1, -0.05) is 231 Å². The molecule has 0 saturated heterocycles. The van der Waals surface area contributed by atoms with Gasteiger partial charge in [0, 0.05) is 60.6 Å². The maximum Gasteiger partial charge on any atom is 0.160 e. The molecule has 322 valence electrons. The second-order valence-electron chi connectivity index (χ2n) is 17.5. The summed E-state index contributed by atoms with van der Waals surface area (Å²) in [5.41, 5.74) is 17.9. The Kier molecular flexibility index (Phi) is 9.80. The van der Waals surface area contributed by atoms with Gasteiger partial charge in [0.05, 0.1) is 33.6 Å². The van der Waals surface area contributed by atoms with Crippen molar-refractivity contribution < 1.29 is 0 Å². The van der Waals surface area contributed by atoms with Crippen molar-refractivity contribution in [1.82, 2.24) is 19.5 Å². The van der Waals surface area contributed by atoms with Crippen LogP contribution in [-0.2, 0) is 0 Å². The van der Waals surface area contributed by atoms with Crippen molar-refractivity contribution in [3.05, 3.63) is 255 Å². The molecule has 3 heterocycles. The number of nitrogens with zero attached hydrogens (tertiary/aromatic N) is 4. The molecule has 13 rings (SSSR count). The van der Waals surface area contributed by atoms with Crippen LogP contribution in [0.1, 0.15) is 0 Å². The molecular formula is C65H42N4. The van der Waals surface area contributed by atoms with E-state index in [1.807, 2.05) is 30.3 Å². The number of para-hydroxylation sites is 3. The maximum atomic E-state index is 5.67. The molecule has 0 atom stereocenters. The molecule has 0 N–H and O–H groups in total. The third kappa shape index (κ3) is 6.97. The third-order valence-electron chi connectivity index (χ3n) is 13.4. The van der Waals surface area contributed by atoms with Gasteiger partial charge in [-0.15, -0.1) is 0 Å². The number of fused-ring (bicyclic) bond motifs is 7. The van der Waals surface area contributed by atoms with E-state index in [0.717, 1.165) is 94.8 Å². The smallest absolute Gasteiger partial charge is 0.160 e. The number of aromatic nitrogens is 4. The van der Waals surface area contributed by atoms with E-state index in [0.29, 0.717) is 5.82 Å². The summed E-state index contributed by atoms with van der Waals surface area (Å²) >= 11 is 0. The summed E-state index contributed by atoms with van der Waals surface area (Å²) in [4.78, 5) is 16.2. The topological polar surface area (TPSA) is 43.6 Å². The number of hydrogen-bond donors (Lipinski definition) is 0. The lowest BCUT2D eigenvalue weighted by Crippen LogP contribution is -2.00. The van der Waals surface area contributed by atoms with Gasteiger partial charge in [-0.05, 0) is 51.9 Å². The highest BCUT2D eigenvalue weighted by Gasteiger charge is 2.23. The first-order valence-corrected chi connectivity index (χ1v) is 23.4. The second kappa shape index (κ2) is 16.9. The summed E-state index contributed by atoms with van der Waals surface area (Å²) in [6.45, 7) is 0. The van der Waals surface area contributed by atoms with Gasteiger partial charge in [0.1, 0.15) is 0 Å². The van der Waals surface area contributed by atoms with Crippen LogP contribution in [0.4, 0.5) is 0 Å². The van der Waals surface area contributed by atoms with Crippen molar-refractivity contribution in [2.45, 2.75) is 0 Å². The molecule has 0 aliphatic heterocycles. The largest absolute Gasteiger partial charge is 0.309 e. The zero-order valence-electron chi connectivity index (χ0n) is 37.5. The minimum Gasteiger partial charge on any atom is -0.309 e. The fourth-order valence-corrected chi connectivity index (χ4v) is 10.2. The first-order chi connectivity index (χ1) is 34.2. The highest BCUT2D eigenvalue weighted by molar-refractivity contribution is 6.29. The van der Waals surface area contributed by atoms with Crippen LogP contribution in [0.25, 0.3) is 128 Å². The molecule has 0 unspecified atom stereocenters. The Morgan fingerprint density at radius 1 is 0.261 bits per heavy atom. The van der Waals surface area contributed by atoms with Crippen molar-refractivity contribution in [3.8, 4) is 84.2 Å². The molecule has 3 aromatic heterocycles. The Labute approximate surface area is 400 Å². The standard InChI is InChI=1S/C65H42N4/c1-6-19-47(20-7-1)61-58(62(48-21-8-2-9-22-48)68-65(67-61)50-25-12-4-13-26-50)46-39-35-44(36-40-46)43-33-37-45(38-34-43)52-30-18-31-54-53-41-42-57-59(60(53)63(66-64(52)54)49-23-10-3-11-24-49)55-29-16-17-32-56(55)69(57)51-27-14-5-15-28-51/h1-42H. The first kappa shape index (κ1) is 40.1. The molecule has 0 fully saturated rings. The summed E-state index contributed by atoms with van der Waals surface area (Å²) in [7, 11) is 0. The predicted octanol–water partition coefficient (Wildman–Crippen LogP) is 16.9. The van der Waals surface area contributed by atoms with Crippen molar-refractivity contribution >= 4 is 43.5 Å². The minimum absolute atomic E-state index is 0.698. The zero-order valence-corrected chi connectivity index (χ0v) is 37.5. The lowest BCUT2D eigenvalue weighted by molar-refractivity contribution is 1.18. The molecule has 4 nitrogen and oxygen atoms in total. The second-order valence-corrected chi connectivity index (χ2v) is 17.5. The van der Waals surface area contributed by atoms with E-state index in [1.165, 1.54) is 27.1 Å². The van der Waals surface area contributed by atoms with Crippen LogP contribution >= 0.6 is 0 Å². The number of hydrogen-bond acceptors (Lipinski definition) is 3. The summed E-state index contributed by atoms with van der Waals surface area (Å²) < 4.78 is 2.39. The van der Waals surface area contributed by atoms with E-state index in [4.69, 9.17) is 15.0 Å². The molecule has 10 aromatic carbocycles. The Bertz CT molecular complexity index is 3940. The van der Waals surface area contributed by atoms with Crippen LogP contribution in [-0.4, -0.2) is 19.5 Å². The summed E-state index contributed by atoms with van der Waals surface area (Å²) in [5.74, 6) is 0.698. The fraction of sp³-hybridized carbons (Fsp3) is 0. The van der Waals surface area contributed by atoms with Gasteiger partial charge in [-0.2, -0.15) is 0 Å². The maximum absolute atomic E-state index is 5.67. The molecule has 69 heavy (non-hydrogen) atoms. The Morgan fingerprint density at radius 2 is 0.739 bits per heavy atom. The van der Waals surface area contributed by atoms with Crippen LogP contribution < -0.4 is 0 Å². The zero-order chi connectivity index (χ0) is 45.7. The lowest BCUT2D eigenvalue weighted by Gasteiger charge is -2.17. The van der Waals surface area contributed by atoms with Crippen LogP contribution in [0, 0.1) is 0 Å². The highest BCUT2D eigenvalue weighted by atomic mass is 15.0. The summed E-state index contributed by atoms with van der Waals surface area (Å²) in [5, 5.41) is 5.91. The Hall–Kier alpha value is -9.25. The molecule has 4 heteroatoms. The van der Waals surface area contributed by atoms with E-state index in [9.17, 15) is 0 Å². The fourth-order valence-electron chi connectivity index (χ4n) is 10.2. The van der Waals surface area contributed by atoms with Crippen LogP contribution in [0.15, 0.2) is 255 Å². The number of pyridine rings is 1. The van der Waals surface area contributed by atoms with Gasteiger partial charge in [0.2, 0.25) is 0 Å². The molecular weight excluding hydrogens is 837 g/mol. The molecule has 13 aromatic rings. The monoisotopic (exact) mass is 878 g/mol. The van der Waals surface area contributed by atoms with Gasteiger partial charge < -0.3 is 4.57 Å². The van der Waals surface area contributed by atoms with E-state index in [-0.39, 0.29) is 0 Å². The quantitative estimate of drug-likeness (QED) is 0.143. The van der Waals surface area contributed by atoms with Gasteiger partial charge >= 0.3 is 0 Å². The molecule has 0 aliphatic carbocycles. The molecule has 0 spiro atoms. The highest BCUT2D eigenvalue weighted by Crippen LogP contribution is 2.45. The van der Waals surface area contributed by atoms with Gasteiger partial charge in [0.25, 0.3) is 0 Å². The van der Waals surface area contributed by atoms with E-state index >= 15 is 0 Å². The van der Waals surface area contributed by atoms with Gasteiger partial charge in [0.15, 0.2) is 5.82 Å². The average molecular weight is 879 g/mol. The molecule has 0 aliphatic rings. The van der Waals surface area contributed by atoms with Crippen LogP contribution in [0.5, 0.6) is 0 Å². The van der Waals surface area contributed by atoms with E-state index in [2.05, 4.69) is 229 Å². The van der Waals surface area contributed by atoms with E-state index < -0.39 is 0 Å². The average Bonchev–Trinajstić information content (AvgIpc) is 3.78. The van der Waals surface area contributed by atoms with Crippen molar-refractivity contribution in [3.63, 3.8) is 0 Å². The third-order valence-corrected chi connectivity index (χ3v) is 13.4. The molecule has 0 bridgehead atoms. The number of rotatable bonds is 8. The SMILES string of the molecule is c1ccc(-c2nc(-c3ccccc3)c(-c3ccc(-c4ccc(-c5cccc6c5nc(-c5ccccc5)c5c6ccc6c5c5ccccc5n6-c5ccccc5)cc4)cc3)c(-c3ccccc3)n2)cc1. The lowest BCUT2D eigenvalue weighted by atomic mass is 9.92. The van der Waals surface area contributed by atoms with Crippen LogP contribution in [0.3, 0.4) is 0 Å². The van der Waals surface area contributed by atoms with Crippen molar-refractivity contribution in [2.75, 3.05) is 0 Å². The van der Waals surface area contributed by atoms with E-state index in [1.54, 1.807) is 0 Å². The minimum atomic E-state index is 0.698. The normalized spacial score (nSPS) is 11.5. The number of benzene rings is 10.